The van der Waals surface area contributed by atoms with Gasteiger partial charge in [-0.25, -0.2) is 4.39 Å². The summed E-state index contributed by atoms with van der Waals surface area (Å²) in [7, 11) is 0. The van der Waals surface area contributed by atoms with E-state index in [0.717, 1.165) is 0 Å². The van der Waals surface area contributed by atoms with Gasteiger partial charge in [0.05, 0.1) is 15.5 Å². The van der Waals surface area contributed by atoms with Crippen LogP contribution in [0.3, 0.4) is 0 Å². The summed E-state index contributed by atoms with van der Waals surface area (Å²) in [5.74, 6) is -1.61. The van der Waals surface area contributed by atoms with Gasteiger partial charge in [-0.1, -0.05) is 12.1 Å². The summed E-state index contributed by atoms with van der Waals surface area (Å²) < 4.78 is 15.3. The third-order valence-electron chi connectivity index (χ3n) is 3.32. The van der Waals surface area contributed by atoms with Crippen molar-refractivity contribution in [3.8, 4) is 0 Å². The number of carboxylic acids is 1. The standard InChI is InChI=1S/C15H9BrFNO3/c16-13-10(17)6-5-9-14(13)18(7-12(19)20)11-4-2-1-3-8(11)15(9)21/h1-6H,7H2,(H,19,20). The molecule has 0 saturated carbocycles. The molecule has 2 aromatic carbocycles. The molecule has 3 aromatic rings. The number of rotatable bonds is 2. The van der Waals surface area contributed by atoms with Crippen LogP contribution in [0.2, 0.25) is 0 Å². The Morgan fingerprint density at radius 3 is 2.62 bits per heavy atom. The first kappa shape index (κ1) is 13.8. The maximum absolute atomic E-state index is 13.8. The summed E-state index contributed by atoms with van der Waals surface area (Å²) in [6.45, 7) is -0.362. The normalized spacial score (nSPS) is 11.1. The average molecular weight is 350 g/mol. The van der Waals surface area contributed by atoms with Crippen molar-refractivity contribution in [1.29, 1.82) is 0 Å². The van der Waals surface area contributed by atoms with Crippen molar-refractivity contribution in [2.24, 2.45) is 0 Å². The van der Waals surface area contributed by atoms with Crippen LogP contribution in [0.1, 0.15) is 0 Å². The number of aromatic nitrogens is 1. The Balaban J connectivity index is 2.63. The van der Waals surface area contributed by atoms with Crippen LogP contribution >= 0.6 is 15.9 Å². The van der Waals surface area contributed by atoms with Gasteiger partial charge in [-0.2, -0.15) is 0 Å². The zero-order chi connectivity index (χ0) is 15.1. The van der Waals surface area contributed by atoms with Crippen molar-refractivity contribution < 1.29 is 14.3 Å². The molecule has 106 valence electrons. The highest BCUT2D eigenvalue weighted by Gasteiger charge is 2.16. The second-order valence-corrected chi connectivity index (χ2v) is 5.38. The van der Waals surface area contributed by atoms with E-state index in [0.29, 0.717) is 10.9 Å². The lowest BCUT2D eigenvalue weighted by atomic mass is 10.1. The number of aliphatic carboxylic acids is 1. The number of halogens is 2. The Labute approximate surface area is 126 Å². The summed E-state index contributed by atoms with van der Waals surface area (Å²) in [6.07, 6.45) is 0. The van der Waals surface area contributed by atoms with E-state index >= 15 is 0 Å². The minimum absolute atomic E-state index is 0.0871. The molecule has 0 bridgehead atoms. The second kappa shape index (κ2) is 4.96. The highest BCUT2D eigenvalue weighted by atomic mass is 79.9. The van der Waals surface area contributed by atoms with E-state index in [1.807, 2.05) is 0 Å². The summed E-state index contributed by atoms with van der Waals surface area (Å²) in [5, 5.41) is 9.80. The number of para-hydroxylation sites is 1. The van der Waals surface area contributed by atoms with E-state index in [1.165, 1.54) is 16.7 Å². The van der Waals surface area contributed by atoms with Crippen LogP contribution < -0.4 is 5.43 Å². The summed E-state index contributed by atoms with van der Waals surface area (Å²) in [6, 6.07) is 9.26. The molecule has 0 amide bonds. The largest absolute Gasteiger partial charge is 0.480 e. The molecule has 0 aliphatic heterocycles. The van der Waals surface area contributed by atoms with Gasteiger partial charge in [-0.05, 0) is 40.2 Å². The first-order valence-corrected chi connectivity index (χ1v) is 6.91. The number of nitrogens with zero attached hydrogens (tertiary/aromatic N) is 1. The molecule has 1 N–H and O–H groups in total. The number of carboxylic acid groups (broad SMARTS) is 1. The Hall–Kier alpha value is -2.21. The molecular formula is C15H9BrFNO3. The molecule has 0 aliphatic rings. The monoisotopic (exact) mass is 349 g/mol. The van der Waals surface area contributed by atoms with Gasteiger partial charge in [0.2, 0.25) is 0 Å². The highest BCUT2D eigenvalue weighted by Crippen LogP contribution is 2.28. The molecule has 21 heavy (non-hydrogen) atoms. The van der Waals surface area contributed by atoms with Gasteiger partial charge in [0.1, 0.15) is 12.4 Å². The number of carbonyl (C=O) groups is 1. The van der Waals surface area contributed by atoms with Crippen LogP contribution in [-0.4, -0.2) is 15.6 Å². The Morgan fingerprint density at radius 2 is 1.90 bits per heavy atom. The summed E-state index contributed by atoms with van der Waals surface area (Å²) in [4.78, 5) is 23.6. The SMILES string of the molecule is O=C(O)Cn1c2ccccc2c(=O)c2ccc(F)c(Br)c21. The van der Waals surface area contributed by atoms with Crippen molar-refractivity contribution in [2.45, 2.75) is 6.54 Å². The molecule has 6 heteroatoms. The lowest BCUT2D eigenvalue weighted by Gasteiger charge is -2.14. The maximum Gasteiger partial charge on any atom is 0.323 e. The van der Waals surface area contributed by atoms with E-state index in [1.54, 1.807) is 24.3 Å². The van der Waals surface area contributed by atoms with E-state index < -0.39 is 11.8 Å². The lowest BCUT2D eigenvalue weighted by Crippen LogP contribution is -2.16. The van der Waals surface area contributed by atoms with Gasteiger partial charge >= 0.3 is 5.97 Å². The Morgan fingerprint density at radius 1 is 1.19 bits per heavy atom. The molecule has 0 atom stereocenters. The van der Waals surface area contributed by atoms with Gasteiger partial charge in [-0.3, -0.25) is 9.59 Å². The Kier molecular flexibility index (Phi) is 3.25. The smallest absolute Gasteiger partial charge is 0.323 e. The summed E-state index contributed by atoms with van der Waals surface area (Å²) >= 11 is 3.11. The molecule has 0 unspecified atom stereocenters. The van der Waals surface area contributed by atoms with Gasteiger partial charge in [-0.15, -0.1) is 0 Å². The van der Waals surface area contributed by atoms with Crippen LogP contribution in [0.25, 0.3) is 21.8 Å². The fraction of sp³-hybridized carbons (Fsp3) is 0.0667. The molecule has 4 nitrogen and oxygen atoms in total. The molecule has 1 heterocycles. The highest BCUT2D eigenvalue weighted by molar-refractivity contribution is 9.10. The minimum Gasteiger partial charge on any atom is -0.480 e. The van der Waals surface area contributed by atoms with E-state index in [-0.39, 0.29) is 27.3 Å². The molecule has 0 spiro atoms. The quantitative estimate of drug-likeness (QED) is 0.723. The summed E-state index contributed by atoms with van der Waals surface area (Å²) in [5.41, 5.74) is 0.465. The predicted molar refractivity (Wildman–Crippen MR) is 81.0 cm³/mol. The molecule has 1 aromatic heterocycles. The third-order valence-corrected chi connectivity index (χ3v) is 4.07. The van der Waals surface area contributed by atoms with Crippen molar-refractivity contribution in [3.05, 3.63) is 56.9 Å². The van der Waals surface area contributed by atoms with Gasteiger partial charge in [0.15, 0.2) is 5.43 Å². The number of hydrogen-bond acceptors (Lipinski definition) is 2. The lowest BCUT2D eigenvalue weighted by molar-refractivity contribution is -0.137. The van der Waals surface area contributed by atoms with Crippen LogP contribution in [0.4, 0.5) is 4.39 Å². The maximum atomic E-state index is 13.8. The first-order valence-electron chi connectivity index (χ1n) is 6.11. The van der Waals surface area contributed by atoms with Gasteiger partial charge in [0, 0.05) is 10.8 Å². The average Bonchev–Trinajstić information content (AvgIpc) is 2.46. The van der Waals surface area contributed by atoms with Gasteiger partial charge in [0.25, 0.3) is 0 Å². The number of hydrogen-bond donors (Lipinski definition) is 1. The minimum atomic E-state index is -1.07. The molecule has 0 radical (unpaired) electrons. The third kappa shape index (κ3) is 2.12. The zero-order valence-corrected chi connectivity index (χ0v) is 12.2. The van der Waals surface area contributed by atoms with E-state index in [4.69, 9.17) is 5.11 Å². The molecule has 0 fully saturated rings. The van der Waals surface area contributed by atoms with Crippen LogP contribution in [-0.2, 0) is 11.3 Å². The van der Waals surface area contributed by atoms with Gasteiger partial charge < -0.3 is 9.67 Å². The second-order valence-electron chi connectivity index (χ2n) is 4.58. The van der Waals surface area contributed by atoms with Crippen LogP contribution in [0.15, 0.2) is 45.7 Å². The fourth-order valence-electron chi connectivity index (χ4n) is 2.45. The zero-order valence-electron chi connectivity index (χ0n) is 10.6. The topological polar surface area (TPSA) is 59.3 Å². The number of benzene rings is 2. The molecular weight excluding hydrogens is 341 g/mol. The number of pyridine rings is 1. The molecule has 3 rings (SSSR count). The van der Waals surface area contributed by atoms with Crippen molar-refractivity contribution in [1.82, 2.24) is 4.57 Å². The van der Waals surface area contributed by atoms with Crippen molar-refractivity contribution in [2.75, 3.05) is 0 Å². The van der Waals surface area contributed by atoms with E-state index in [9.17, 15) is 14.0 Å². The van der Waals surface area contributed by atoms with E-state index in [2.05, 4.69) is 15.9 Å². The Bertz CT molecular complexity index is 949. The first-order chi connectivity index (χ1) is 10.0. The number of fused-ring (bicyclic) bond motifs is 2. The van der Waals surface area contributed by atoms with Crippen molar-refractivity contribution in [3.63, 3.8) is 0 Å². The van der Waals surface area contributed by atoms with Crippen molar-refractivity contribution >= 4 is 43.7 Å². The fourth-order valence-corrected chi connectivity index (χ4v) is 3.01. The van der Waals surface area contributed by atoms with Crippen LogP contribution in [0, 0.1) is 5.82 Å². The molecule has 0 saturated heterocycles. The predicted octanol–water partition coefficient (Wildman–Crippen LogP) is 3.14. The van der Waals surface area contributed by atoms with Crippen LogP contribution in [0.5, 0.6) is 0 Å². The molecule has 0 aliphatic carbocycles.